The zero-order valence-electron chi connectivity index (χ0n) is 15.9. The molecule has 0 aliphatic rings. The van der Waals surface area contributed by atoms with Gasteiger partial charge in [0.2, 0.25) is 11.8 Å². The van der Waals surface area contributed by atoms with Crippen LogP contribution in [0.15, 0.2) is 54.6 Å². The van der Waals surface area contributed by atoms with E-state index in [1.54, 1.807) is 11.9 Å². The highest BCUT2D eigenvalue weighted by Gasteiger charge is 2.29. The second-order valence-corrected chi connectivity index (χ2v) is 6.58. The van der Waals surface area contributed by atoms with Crippen molar-refractivity contribution in [1.29, 1.82) is 0 Å². The van der Waals surface area contributed by atoms with Crippen molar-refractivity contribution in [3.63, 3.8) is 0 Å². The topological polar surface area (TPSA) is 49.4 Å². The summed E-state index contributed by atoms with van der Waals surface area (Å²) in [6.45, 7) is 4.45. The minimum Gasteiger partial charge on any atom is -0.357 e. The summed E-state index contributed by atoms with van der Waals surface area (Å²) < 4.78 is 0. The van der Waals surface area contributed by atoms with Gasteiger partial charge in [0.1, 0.15) is 6.04 Å². The summed E-state index contributed by atoms with van der Waals surface area (Å²) in [7, 11) is 1.62. The Bertz CT molecular complexity index is 711. The molecule has 2 aromatic carbocycles. The monoisotopic (exact) mass is 352 g/mol. The van der Waals surface area contributed by atoms with Crippen LogP contribution in [0.1, 0.15) is 36.5 Å². The first-order valence-electron chi connectivity index (χ1n) is 9.15. The zero-order valence-corrected chi connectivity index (χ0v) is 15.9. The summed E-state index contributed by atoms with van der Waals surface area (Å²) in [5.74, 6) is -0.122. The van der Waals surface area contributed by atoms with Crippen molar-refractivity contribution in [2.45, 2.75) is 45.7 Å². The molecule has 1 N–H and O–H groups in total. The highest BCUT2D eigenvalue weighted by molar-refractivity contribution is 5.87. The van der Waals surface area contributed by atoms with Gasteiger partial charge in [-0.25, -0.2) is 0 Å². The minimum absolute atomic E-state index is 0.0117. The molecule has 0 radical (unpaired) electrons. The van der Waals surface area contributed by atoms with Crippen molar-refractivity contribution in [1.82, 2.24) is 10.2 Å². The number of carbonyl (C=O) groups excluding carboxylic acids is 2. The van der Waals surface area contributed by atoms with Crippen LogP contribution in [0.4, 0.5) is 0 Å². The van der Waals surface area contributed by atoms with Crippen LogP contribution >= 0.6 is 0 Å². The molecule has 0 spiro atoms. The Hall–Kier alpha value is -2.62. The average molecular weight is 352 g/mol. The van der Waals surface area contributed by atoms with Crippen LogP contribution in [0, 0.1) is 6.92 Å². The van der Waals surface area contributed by atoms with Crippen LogP contribution in [0.25, 0.3) is 0 Å². The molecule has 0 saturated heterocycles. The number of likely N-dealkylation sites (N-methyl/N-ethyl adjacent to an activating group) is 1. The number of aryl methyl sites for hydroxylation is 1. The molecule has 4 heteroatoms. The SMILES string of the molecule is CCCC(=O)N(Cc1ccc(C)cc1)[C@H](Cc1ccccc1)C(=O)NC. The Morgan fingerprint density at radius 3 is 2.23 bits per heavy atom. The molecule has 26 heavy (non-hydrogen) atoms. The van der Waals surface area contributed by atoms with Gasteiger partial charge in [0, 0.05) is 26.4 Å². The van der Waals surface area contributed by atoms with Crippen LogP contribution in [0.2, 0.25) is 0 Å². The number of benzene rings is 2. The quantitative estimate of drug-likeness (QED) is 0.791. The predicted octanol–water partition coefficient (Wildman–Crippen LogP) is 3.48. The Kier molecular flexibility index (Phi) is 7.39. The van der Waals surface area contributed by atoms with Gasteiger partial charge < -0.3 is 10.2 Å². The summed E-state index contributed by atoms with van der Waals surface area (Å²) in [5.41, 5.74) is 3.24. The highest BCUT2D eigenvalue weighted by atomic mass is 16.2. The van der Waals surface area contributed by atoms with Gasteiger partial charge in [0.25, 0.3) is 0 Å². The number of nitrogens with zero attached hydrogens (tertiary/aromatic N) is 1. The molecule has 0 aliphatic heterocycles. The largest absolute Gasteiger partial charge is 0.357 e. The summed E-state index contributed by atoms with van der Waals surface area (Å²) in [4.78, 5) is 27.1. The molecule has 4 nitrogen and oxygen atoms in total. The third-order valence-electron chi connectivity index (χ3n) is 4.45. The summed E-state index contributed by atoms with van der Waals surface area (Å²) in [5, 5.41) is 2.72. The van der Waals surface area contributed by atoms with Gasteiger partial charge in [-0.05, 0) is 24.5 Å². The van der Waals surface area contributed by atoms with E-state index in [1.165, 1.54) is 5.56 Å². The standard InChI is InChI=1S/C22H28N2O2/c1-4-8-21(25)24(16-19-13-11-17(2)12-14-19)20(22(26)23-3)15-18-9-6-5-7-10-18/h5-7,9-14,20H,4,8,15-16H2,1-3H3,(H,23,26)/t20-/m1/s1. The van der Waals surface area contributed by atoms with Crippen LogP contribution in [-0.2, 0) is 22.6 Å². The number of hydrogen-bond donors (Lipinski definition) is 1. The molecule has 0 fully saturated rings. The maximum absolute atomic E-state index is 12.8. The minimum atomic E-state index is -0.525. The predicted molar refractivity (Wildman–Crippen MR) is 105 cm³/mol. The van der Waals surface area contributed by atoms with Crippen molar-refractivity contribution in [2.75, 3.05) is 7.05 Å². The molecular formula is C22H28N2O2. The molecule has 2 amide bonds. The van der Waals surface area contributed by atoms with Gasteiger partial charge in [-0.1, -0.05) is 67.1 Å². The van der Waals surface area contributed by atoms with E-state index in [9.17, 15) is 9.59 Å². The smallest absolute Gasteiger partial charge is 0.242 e. The molecule has 0 heterocycles. The lowest BCUT2D eigenvalue weighted by Crippen LogP contribution is -2.49. The Morgan fingerprint density at radius 2 is 1.65 bits per heavy atom. The van der Waals surface area contributed by atoms with Crippen LogP contribution in [0.5, 0.6) is 0 Å². The molecule has 2 aromatic rings. The average Bonchev–Trinajstić information content (AvgIpc) is 2.66. The Morgan fingerprint density at radius 1 is 1.00 bits per heavy atom. The first kappa shape index (κ1) is 19.7. The maximum atomic E-state index is 12.8. The molecule has 0 saturated carbocycles. The fraction of sp³-hybridized carbons (Fsp3) is 0.364. The number of nitrogens with one attached hydrogen (secondary N) is 1. The number of hydrogen-bond acceptors (Lipinski definition) is 2. The van der Waals surface area contributed by atoms with Crippen molar-refractivity contribution in [3.05, 3.63) is 71.3 Å². The third-order valence-corrected chi connectivity index (χ3v) is 4.45. The molecule has 0 unspecified atom stereocenters. The lowest BCUT2D eigenvalue weighted by Gasteiger charge is -2.31. The molecule has 0 aromatic heterocycles. The summed E-state index contributed by atoms with van der Waals surface area (Å²) in [6.07, 6.45) is 1.70. The van der Waals surface area contributed by atoms with E-state index in [2.05, 4.69) is 5.32 Å². The van der Waals surface area contributed by atoms with Gasteiger partial charge in [0.05, 0.1) is 0 Å². The third kappa shape index (κ3) is 5.45. The van der Waals surface area contributed by atoms with Gasteiger partial charge in [-0.15, -0.1) is 0 Å². The fourth-order valence-electron chi connectivity index (χ4n) is 2.97. The van der Waals surface area contributed by atoms with Gasteiger partial charge in [-0.2, -0.15) is 0 Å². The molecule has 2 rings (SSSR count). The van der Waals surface area contributed by atoms with Gasteiger partial charge in [-0.3, -0.25) is 9.59 Å². The summed E-state index contributed by atoms with van der Waals surface area (Å²) >= 11 is 0. The molecular weight excluding hydrogens is 324 g/mol. The van der Waals surface area contributed by atoms with E-state index in [4.69, 9.17) is 0 Å². The van der Waals surface area contributed by atoms with E-state index < -0.39 is 6.04 Å². The van der Waals surface area contributed by atoms with E-state index >= 15 is 0 Å². The van der Waals surface area contributed by atoms with E-state index in [-0.39, 0.29) is 11.8 Å². The maximum Gasteiger partial charge on any atom is 0.242 e. The molecule has 0 aliphatic carbocycles. The highest BCUT2D eigenvalue weighted by Crippen LogP contribution is 2.16. The van der Waals surface area contributed by atoms with Gasteiger partial charge >= 0.3 is 0 Å². The first-order chi connectivity index (χ1) is 12.5. The van der Waals surface area contributed by atoms with Crippen LogP contribution in [-0.4, -0.2) is 29.8 Å². The lowest BCUT2D eigenvalue weighted by atomic mass is 10.0. The van der Waals surface area contributed by atoms with Crippen LogP contribution in [0.3, 0.4) is 0 Å². The Labute approximate surface area is 156 Å². The van der Waals surface area contributed by atoms with Crippen molar-refractivity contribution in [2.24, 2.45) is 0 Å². The summed E-state index contributed by atoms with van der Waals surface area (Å²) in [6, 6.07) is 17.4. The molecule has 0 bridgehead atoms. The normalized spacial score (nSPS) is 11.7. The second-order valence-electron chi connectivity index (χ2n) is 6.58. The van der Waals surface area contributed by atoms with Crippen molar-refractivity contribution in [3.8, 4) is 0 Å². The Balaban J connectivity index is 2.31. The van der Waals surface area contributed by atoms with Crippen LogP contribution < -0.4 is 5.32 Å². The molecule has 1 atom stereocenters. The lowest BCUT2D eigenvalue weighted by molar-refractivity contribution is -0.141. The van der Waals surface area contributed by atoms with E-state index in [1.807, 2.05) is 68.4 Å². The molecule has 138 valence electrons. The second kappa shape index (κ2) is 9.76. The number of carbonyl (C=O) groups is 2. The zero-order chi connectivity index (χ0) is 18.9. The van der Waals surface area contributed by atoms with Crippen molar-refractivity contribution < 1.29 is 9.59 Å². The number of rotatable bonds is 8. The first-order valence-corrected chi connectivity index (χ1v) is 9.15. The van der Waals surface area contributed by atoms with Crippen molar-refractivity contribution >= 4 is 11.8 Å². The van der Waals surface area contributed by atoms with Gasteiger partial charge in [0.15, 0.2) is 0 Å². The fourth-order valence-corrected chi connectivity index (χ4v) is 2.97. The van der Waals surface area contributed by atoms with E-state index in [0.29, 0.717) is 19.4 Å². The van der Waals surface area contributed by atoms with E-state index in [0.717, 1.165) is 17.5 Å². The number of amides is 2.